The smallest absolute Gasteiger partial charge is 0.163 e. The van der Waals surface area contributed by atoms with Crippen molar-refractivity contribution in [2.75, 3.05) is 0 Å². The molecule has 0 amide bonds. The van der Waals surface area contributed by atoms with E-state index in [1.807, 2.05) is 42.5 Å². The van der Waals surface area contributed by atoms with E-state index < -0.39 is 0 Å². The zero-order chi connectivity index (χ0) is 15.2. The van der Waals surface area contributed by atoms with Crippen molar-refractivity contribution in [1.29, 1.82) is 0 Å². The van der Waals surface area contributed by atoms with E-state index in [1.165, 1.54) is 5.56 Å². The van der Waals surface area contributed by atoms with Gasteiger partial charge in [0, 0.05) is 0 Å². The molecule has 0 aliphatic rings. The summed E-state index contributed by atoms with van der Waals surface area (Å²) in [5.74, 6) is 1.16. The Kier molecular flexibility index (Phi) is 5.15. The zero-order valence-corrected chi connectivity index (χ0v) is 12.9. The normalized spacial score (nSPS) is 12.0. The Balaban J connectivity index is 2.20. The maximum Gasteiger partial charge on any atom is 0.163 e. The molecule has 0 bridgehead atoms. The van der Waals surface area contributed by atoms with Crippen LogP contribution in [-0.4, -0.2) is 5.78 Å². The van der Waals surface area contributed by atoms with Gasteiger partial charge < -0.3 is 4.74 Å². The lowest BCUT2D eigenvalue weighted by Gasteiger charge is -2.14. The van der Waals surface area contributed by atoms with Crippen molar-refractivity contribution in [1.82, 2.24) is 0 Å². The van der Waals surface area contributed by atoms with Gasteiger partial charge in [-0.1, -0.05) is 50.2 Å². The lowest BCUT2D eigenvalue weighted by molar-refractivity contribution is 0.101. The van der Waals surface area contributed by atoms with Gasteiger partial charge in [0.25, 0.3) is 0 Å². The molecule has 0 aliphatic carbocycles. The fourth-order valence-electron chi connectivity index (χ4n) is 2.23. The fourth-order valence-corrected chi connectivity index (χ4v) is 2.23. The Morgan fingerprint density at radius 1 is 1.14 bits per heavy atom. The molecule has 0 heterocycles. The summed E-state index contributed by atoms with van der Waals surface area (Å²) in [7, 11) is 0. The maximum absolute atomic E-state index is 11.9. The summed E-state index contributed by atoms with van der Waals surface area (Å²) in [6.07, 6.45) is 1.06. The molecule has 2 aromatic rings. The molecular weight excluding hydrogens is 260 g/mol. The Bertz CT molecular complexity index is 602. The van der Waals surface area contributed by atoms with E-state index in [0.29, 0.717) is 23.8 Å². The highest BCUT2D eigenvalue weighted by Gasteiger charge is 2.12. The van der Waals surface area contributed by atoms with Crippen LogP contribution in [0.15, 0.2) is 48.5 Å². The first kappa shape index (κ1) is 15.3. The van der Waals surface area contributed by atoms with Gasteiger partial charge in [-0.15, -0.1) is 0 Å². The van der Waals surface area contributed by atoms with Gasteiger partial charge in [-0.3, -0.25) is 4.79 Å². The molecule has 2 nitrogen and oxygen atoms in total. The minimum absolute atomic E-state index is 0.0446. The molecule has 2 rings (SSSR count). The molecule has 0 aliphatic heterocycles. The van der Waals surface area contributed by atoms with Crippen molar-refractivity contribution in [3.05, 3.63) is 65.2 Å². The lowest BCUT2D eigenvalue weighted by Crippen LogP contribution is -2.03. The molecule has 2 heteroatoms. The Morgan fingerprint density at radius 2 is 1.86 bits per heavy atom. The zero-order valence-electron chi connectivity index (χ0n) is 12.9. The van der Waals surface area contributed by atoms with Crippen molar-refractivity contribution < 1.29 is 9.53 Å². The average molecular weight is 282 g/mol. The van der Waals surface area contributed by atoms with E-state index in [-0.39, 0.29) is 5.78 Å². The monoisotopic (exact) mass is 282 g/mol. The third-order valence-electron chi connectivity index (χ3n) is 3.80. The molecule has 0 fully saturated rings. The van der Waals surface area contributed by atoms with Gasteiger partial charge in [0.1, 0.15) is 12.4 Å². The van der Waals surface area contributed by atoms with E-state index in [4.69, 9.17) is 4.74 Å². The van der Waals surface area contributed by atoms with Gasteiger partial charge in [-0.05, 0) is 42.5 Å². The molecule has 21 heavy (non-hydrogen) atoms. The molecule has 0 aromatic heterocycles. The van der Waals surface area contributed by atoms with Gasteiger partial charge in [0.15, 0.2) is 5.78 Å². The molecule has 110 valence electrons. The van der Waals surface area contributed by atoms with E-state index in [1.54, 1.807) is 6.92 Å². The Morgan fingerprint density at radius 3 is 2.48 bits per heavy atom. The third-order valence-corrected chi connectivity index (χ3v) is 3.80. The number of ether oxygens (including phenoxy) is 1. The second-order valence-corrected chi connectivity index (χ2v) is 5.40. The molecule has 1 unspecified atom stereocenters. The van der Waals surface area contributed by atoms with Crippen LogP contribution in [0.3, 0.4) is 0 Å². The Hall–Kier alpha value is -2.09. The molecular formula is C19H22O2. The van der Waals surface area contributed by atoms with Gasteiger partial charge in [0.2, 0.25) is 0 Å². The summed E-state index contributed by atoms with van der Waals surface area (Å²) in [5, 5.41) is 0. The van der Waals surface area contributed by atoms with Crippen molar-refractivity contribution in [3.8, 4) is 5.75 Å². The number of carbonyl (C=O) groups is 1. The van der Waals surface area contributed by atoms with E-state index >= 15 is 0 Å². The minimum Gasteiger partial charge on any atom is -0.488 e. The van der Waals surface area contributed by atoms with E-state index in [0.717, 1.165) is 12.0 Å². The predicted molar refractivity (Wildman–Crippen MR) is 85.9 cm³/mol. The summed E-state index contributed by atoms with van der Waals surface area (Å²) in [6, 6.07) is 15.9. The number of hydrogen-bond acceptors (Lipinski definition) is 2. The van der Waals surface area contributed by atoms with Crippen LogP contribution in [-0.2, 0) is 6.61 Å². The third kappa shape index (κ3) is 3.94. The van der Waals surface area contributed by atoms with Crippen LogP contribution >= 0.6 is 0 Å². The van der Waals surface area contributed by atoms with Gasteiger partial charge in [0.05, 0.1) is 5.56 Å². The largest absolute Gasteiger partial charge is 0.488 e. The first-order valence-corrected chi connectivity index (χ1v) is 7.43. The first-order chi connectivity index (χ1) is 10.1. The molecule has 0 N–H and O–H groups in total. The van der Waals surface area contributed by atoms with E-state index in [9.17, 15) is 4.79 Å². The highest BCUT2D eigenvalue weighted by molar-refractivity contribution is 5.97. The topological polar surface area (TPSA) is 26.3 Å². The molecule has 0 saturated carbocycles. The summed E-state index contributed by atoms with van der Waals surface area (Å²) in [5.41, 5.74) is 2.96. The number of ketones is 1. The summed E-state index contributed by atoms with van der Waals surface area (Å²) in [6.45, 7) is 6.39. The number of rotatable bonds is 6. The second kappa shape index (κ2) is 7.07. The average Bonchev–Trinajstić information content (AvgIpc) is 2.52. The Labute approximate surface area is 126 Å². The van der Waals surface area contributed by atoms with Gasteiger partial charge >= 0.3 is 0 Å². The lowest BCUT2D eigenvalue weighted by atomic mass is 9.95. The van der Waals surface area contributed by atoms with Crippen molar-refractivity contribution in [2.24, 2.45) is 0 Å². The van der Waals surface area contributed by atoms with Crippen LogP contribution in [0, 0.1) is 0 Å². The molecule has 1 atom stereocenters. The van der Waals surface area contributed by atoms with Crippen LogP contribution in [0.5, 0.6) is 5.75 Å². The molecule has 2 aromatic carbocycles. The van der Waals surface area contributed by atoms with Crippen LogP contribution in [0.25, 0.3) is 0 Å². The summed E-state index contributed by atoms with van der Waals surface area (Å²) in [4.78, 5) is 11.9. The molecule has 0 radical (unpaired) electrons. The SMILES string of the molecule is CCC(C)c1ccc(OCc2ccccc2)c(C(C)=O)c1. The van der Waals surface area contributed by atoms with E-state index in [2.05, 4.69) is 19.9 Å². The van der Waals surface area contributed by atoms with Crippen molar-refractivity contribution in [3.63, 3.8) is 0 Å². The first-order valence-electron chi connectivity index (χ1n) is 7.43. The summed E-state index contributed by atoms with van der Waals surface area (Å²) >= 11 is 0. The van der Waals surface area contributed by atoms with Crippen LogP contribution in [0.1, 0.15) is 54.6 Å². The number of benzene rings is 2. The number of Topliss-reactive ketones (excluding diaryl/α,β-unsaturated/α-hetero) is 1. The van der Waals surface area contributed by atoms with Crippen LogP contribution in [0.2, 0.25) is 0 Å². The van der Waals surface area contributed by atoms with Gasteiger partial charge in [-0.2, -0.15) is 0 Å². The number of hydrogen-bond donors (Lipinski definition) is 0. The quantitative estimate of drug-likeness (QED) is 0.698. The van der Waals surface area contributed by atoms with Crippen LogP contribution in [0.4, 0.5) is 0 Å². The molecule has 0 spiro atoms. The van der Waals surface area contributed by atoms with Crippen LogP contribution < -0.4 is 4.74 Å². The fraction of sp³-hybridized carbons (Fsp3) is 0.316. The summed E-state index contributed by atoms with van der Waals surface area (Å²) < 4.78 is 5.83. The van der Waals surface area contributed by atoms with Crippen molar-refractivity contribution >= 4 is 5.78 Å². The van der Waals surface area contributed by atoms with Gasteiger partial charge in [-0.25, -0.2) is 0 Å². The molecule has 0 saturated heterocycles. The minimum atomic E-state index is 0.0446. The second-order valence-electron chi connectivity index (χ2n) is 5.40. The van der Waals surface area contributed by atoms with Crippen molar-refractivity contribution in [2.45, 2.75) is 39.7 Å². The standard InChI is InChI=1S/C19H22O2/c1-4-14(2)17-10-11-19(18(12-17)15(3)20)21-13-16-8-6-5-7-9-16/h5-12,14H,4,13H2,1-3H3. The highest BCUT2D eigenvalue weighted by atomic mass is 16.5. The predicted octanol–water partition coefficient (Wildman–Crippen LogP) is 4.98. The maximum atomic E-state index is 11.9. The highest BCUT2D eigenvalue weighted by Crippen LogP contribution is 2.27. The number of carbonyl (C=O) groups excluding carboxylic acids is 1.